The fourth-order valence-corrected chi connectivity index (χ4v) is 2.45. The van der Waals surface area contributed by atoms with Crippen LogP contribution in [0.3, 0.4) is 0 Å². The molecule has 25 heavy (non-hydrogen) atoms. The minimum absolute atomic E-state index is 0.0126. The summed E-state index contributed by atoms with van der Waals surface area (Å²) in [6, 6.07) is 9.14. The molecule has 1 aliphatic heterocycles. The summed E-state index contributed by atoms with van der Waals surface area (Å²) in [5, 5.41) is 0. The fraction of sp³-hybridized carbons (Fsp3) is 0.471. The number of benzene rings is 1. The first-order valence-electron chi connectivity index (χ1n) is 7.75. The predicted octanol–water partition coefficient (Wildman–Crippen LogP) is 1.13. The van der Waals surface area contributed by atoms with Crippen molar-refractivity contribution in [3.8, 4) is 0 Å². The van der Waals surface area contributed by atoms with Gasteiger partial charge in [0.2, 0.25) is 0 Å². The molecule has 0 saturated carbocycles. The second-order valence-electron chi connectivity index (χ2n) is 5.53. The molecule has 1 aliphatic rings. The summed E-state index contributed by atoms with van der Waals surface area (Å²) in [6.45, 7) is -0.0200. The molecule has 0 aliphatic carbocycles. The molecule has 1 fully saturated rings. The maximum absolute atomic E-state index is 12.6. The Labute approximate surface area is 145 Å². The van der Waals surface area contributed by atoms with Gasteiger partial charge >= 0.3 is 18.0 Å². The molecule has 0 spiro atoms. The van der Waals surface area contributed by atoms with Crippen molar-refractivity contribution in [2.75, 3.05) is 34.0 Å². The number of esters is 2. The van der Waals surface area contributed by atoms with E-state index in [4.69, 9.17) is 14.2 Å². The van der Waals surface area contributed by atoms with Gasteiger partial charge in [0.1, 0.15) is 6.61 Å². The average molecular weight is 351 g/mol. The molecule has 0 N–H and O–H groups in total. The highest BCUT2D eigenvalue weighted by Gasteiger charge is 2.54. The third-order valence-corrected chi connectivity index (χ3v) is 3.96. The van der Waals surface area contributed by atoms with E-state index in [0.717, 1.165) is 5.56 Å². The van der Waals surface area contributed by atoms with Crippen LogP contribution in [-0.2, 0) is 35.1 Å². The summed E-state index contributed by atoms with van der Waals surface area (Å²) in [4.78, 5) is 37.4. The van der Waals surface area contributed by atoms with Crippen LogP contribution in [0.2, 0.25) is 0 Å². The zero-order valence-electron chi connectivity index (χ0n) is 14.2. The Balaban J connectivity index is 2.11. The quantitative estimate of drug-likeness (QED) is 0.537. The molecule has 0 unspecified atom stereocenters. The van der Waals surface area contributed by atoms with Crippen molar-refractivity contribution >= 4 is 18.0 Å². The molecule has 0 atom stereocenters. The van der Waals surface area contributed by atoms with Gasteiger partial charge in [0.25, 0.3) is 0 Å². The van der Waals surface area contributed by atoms with E-state index in [-0.39, 0.29) is 32.8 Å². The van der Waals surface area contributed by atoms with Crippen LogP contribution in [0.15, 0.2) is 30.3 Å². The van der Waals surface area contributed by atoms with Crippen LogP contribution in [0, 0.1) is 0 Å². The summed E-state index contributed by atoms with van der Waals surface area (Å²) in [5.41, 5.74) is -0.475. The topological polar surface area (TPSA) is 91.4 Å². The van der Waals surface area contributed by atoms with Gasteiger partial charge in [0.05, 0.1) is 33.9 Å². The Morgan fingerprint density at radius 1 is 1.12 bits per heavy atom. The van der Waals surface area contributed by atoms with Crippen LogP contribution in [0.4, 0.5) is 4.79 Å². The van der Waals surface area contributed by atoms with Crippen molar-refractivity contribution in [3.63, 3.8) is 0 Å². The molecule has 0 bridgehead atoms. The number of nitrogens with zero attached hydrogens (tertiary/aromatic N) is 1. The number of ether oxygens (including phenoxy) is 4. The third-order valence-electron chi connectivity index (χ3n) is 3.96. The molecule has 0 radical (unpaired) electrons. The van der Waals surface area contributed by atoms with E-state index in [1.54, 1.807) is 0 Å². The van der Waals surface area contributed by atoms with Crippen molar-refractivity contribution in [2.45, 2.75) is 18.6 Å². The van der Waals surface area contributed by atoms with E-state index >= 15 is 0 Å². The molecule has 2 rings (SSSR count). The van der Waals surface area contributed by atoms with Gasteiger partial charge in [0, 0.05) is 6.54 Å². The molecular formula is C17H21NO7. The van der Waals surface area contributed by atoms with E-state index in [2.05, 4.69) is 4.74 Å². The predicted molar refractivity (Wildman–Crippen MR) is 85.5 cm³/mol. The van der Waals surface area contributed by atoms with E-state index in [1.165, 1.54) is 19.1 Å². The summed E-state index contributed by atoms with van der Waals surface area (Å²) in [5.74, 6) is -1.11. The first-order valence-corrected chi connectivity index (χ1v) is 7.75. The first-order chi connectivity index (χ1) is 12.0. The van der Waals surface area contributed by atoms with Crippen molar-refractivity contribution in [3.05, 3.63) is 35.9 Å². The van der Waals surface area contributed by atoms with Gasteiger partial charge in [-0.05, 0) is 5.56 Å². The second-order valence-corrected chi connectivity index (χ2v) is 5.53. The lowest BCUT2D eigenvalue weighted by Crippen LogP contribution is -2.69. The molecular weight excluding hydrogens is 330 g/mol. The molecule has 1 saturated heterocycles. The number of carbonyl (C=O) groups excluding carboxylic acids is 3. The van der Waals surface area contributed by atoms with Crippen molar-refractivity contribution in [1.29, 1.82) is 0 Å². The molecule has 0 aromatic heterocycles. The highest BCUT2D eigenvalue weighted by Crippen LogP contribution is 2.28. The van der Waals surface area contributed by atoms with Crippen LogP contribution in [0.1, 0.15) is 12.0 Å². The molecule has 8 heteroatoms. The minimum atomic E-state index is -1.28. The first kappa shape index (κ1) is 18.7. The molecule has 1 heterocycles. The van der Waals surface area contributed by atoms with E-state index in [9.17, 15) is 14.4 Å². The summed E-state index contributed by atoms with van der Waals surface area (Å²) < 4.78 is 19.8. The van der Waals surface area contributed by atoms with Crippen LogP contribution >= 0.6 is 0 Å². The van der Waals surface area contributed by atoms with Gasteiger partial charge in [-0.25, -0.2) is 9.59 Å². The van der Waals surface area contributed by atoms with E-state index in [1.807, 2.05) is 30.3 Å². The van der Waals surface area contributed by atoms with Crippen LogP contribution < -0.4 is 0 Å². The highest BCUT2D eigenvalue weighted by molar-refractivity contribution is 5.87. The molecule has 8 nitrogen and oxygen atoms in total. The number of rotatable bonds is 7. The minimum Gasteiger partial charge on any atom is -0.469 e. The van der Waals surface area contributed by atoms with Gasteiger partial charge in [0.15, 0.2) is 5.54 Å². The normalized spacial score (nSPS) is 14.8. The molecule has 1 aromatic rings. The third kappa shape index (κ3) is 4.27. The SMILES string of the molecule is COC(=O)CCN(C(=O)OCc1ccccc1)C1(C(=O)OC)COC1. The lowest BCUT2D eigenvalue weighted by Gasteiger charge is -2.45. The molecule has 136 valence electrons. The molecule has 1 aromatic carbocycles. The maximum Gasteiger partial charge on any atom is 0.411 e. The monoisotopic (exact) mass is 351 g/mol. The summed E-state index contributed by atoms with van der Waals surface area (Å²) >= 11 is 0. The zero-order chi connectivity index (χ0) is 18.3. The number of carbonyl (C=O) groups is 3. The smallest absolute Gasteiger partial charge is 0.411 e. The Morgan fingerprint density at radius 3 is 2.32 bits per heavy atom. The van der Waals surface area contributed by atoms with Gasteiger partial charge in [-0.3, -0.25) is 9.69 Å². The Hall–Kier alpha value is -2.61. The Bertz CT molecular complexity index is 613. The Kier molecular flexibility index (Phi) is 6.35. The van der Waals surface area contributed by atoms with Gasteiger partial charge in [-0.2, -0.15) is 0 Å². The standard InChI is InChI=1S/C17H21NO7/c1-22-14(19)8-9-18(17(11-24-12-17)15(20)23-2)16(21)25-10-13-6-4-3-5-7-13/h3-7H,8-12H2,1-2H3. The van der Waals surface area contributed by atoms with Gasteiger partial charge < -0.3 is 18.9 Å². The summed E-state index contributed by atoms with van der Waals surface area (Å²) in [7, 11) is 2.49. The van der Waals surface area contributed by atoms with Gasteiger partial charge in [-0.1, -0.05) is 30.3 Å². The molecule has 1 amide bonds. The zero-order valence-corrected chi connectivity index (χ0v) is 14.2. The largest absolute Gasteiger partial charge is 0.469 e. The number of hydrogen-bond donors (Lipinski definition) is 0. The lowest BCUT2D eigenvalue weighted by atomic mass is 9.95. The Morgan fingerprint density at radius 2 is 1.80 bits per heavy atom. The van der Waals surface area contributed by atoms with Gasteiger partial charge in [-0.15, -0.1) is 0 Å². The van der Waals surface area contributed by atoms with Crippen molar-refractivity contribution < 1.29 is 33.3 Å². The number of amides is 1. The number of methoxy groups -OCH3 is 2. The average Bonchev–Trinajstić information content (AvgIpc) is 2.61. The van der Waals surface area contributed by atoms with Crippen molar-refractivity contribution in [1.82, 2.24) is 4.90 Å². The number of hydrogen-bond acceptors (Lipinski definition) is 7. The summed E-state index contributed by atoms with van der Waals surface area (Å²) in [6.07, 6.45) is -0.795. The highest BCUT2D eigenvalue weighted by atomic mass is 16.6. The van der Waals surface area contributed by atoms with E-state index < -0.39 is 23.6 Å². The van der Waals surface area contributed by atoms with Crippen molar-refractivity contribution in [2.24, 2.45) is 0 Å². The second kappa shape index (κ2) is 8.48. The fourth-order valence-electron chi connectivity index (χ4n) is 2.45. The van der Waals surface area contributed by atoms with Crippen LogP contribution in [0.5, 0.6) is 0 Å². The lowest BCUT2D eigenvalue weighted by molar-refractivity contribution is -0.187. The van der Waals surface area contributed by atoms with E-state index in [0.29, 0.717) is 0 Å². The van der Waals surface area contributed by atoms with Crippen LogP contribution in [0.25, 0.3) is 0 Å². The maximum atomic E-state index is 12.6. The van der Waals surface area contributed by atoms with Crippen LogP contribution in [-0.4, -0.2) is 62.4 Å².